The highest BCUT2D eigenvalue weighted by Crippen LogP contribution is 2.24. The largest absolute Gasteiger partial charge is 0.496 e. The minimum atomic E-state index is -0.124. The topological polar surface area (TPSA) is 29.5 Å². The fraction of sp³-hybridized carbons (Fsp3) is 0.417. The molecule has 0 aromatic heterocycles. The number of halogens is 3. The van der Waals surface area contributed by atoms with Gasteiger partial charge in [0.15, 0.2) is 0 Å². The van der Waals surface area contributed by atoms with Gasteiger partial charge in [0.2, 0.25) is 0 Å². The quantitative estimate of drug-likeness (QED) is 0.733. The molecule has 0 atom stereocenters. The predicted octanol–water partition coefficient (Wildman–Crippen LogP) is 3.38. The SMILES string of the molecule is COc1cc(Br)ccc1C(=O)N(CCCl)CCCl. The lowest BCUT2D eigenvalue weighted by atomic mass is 10.1. The number of methoxy groups -OCH3 is 1. The van der Waals surface area contributed by atoms with Gasteiger partial charge in [0.25, 0.3) is 5.91 Å². The van der Waals surface area contributed by atoms with Gasteiger partial charge in [-0.15, -0.1) is 23.2 Å². The van der Waals surface area contributed by atoms with Gasteiger partial charge in [0.1, 0.15) is 5.75 Å². The average Bonchev–Trinajstić information content (AvgIpc) is 2.37. The number of carbonyl (C=O) groups excluding carboxylic acids is 1. The molecule has 18 heavy (non-hydrogen) atoms. The lowest BCUT2D eigenvalue weighted by molar-refractivity contribution is 0.0771. The van der Waals surface area contributed by atoms with Gasteiger partial charge in [-0.05, 0) is 18.2 Å². The van der Waals surface area contributed by atoms with Crippen LogP contribution < -0.4 is 4.74 Å². The molecule has 1 rings (SSSR count). The van der Waals surface area contributed by atoms with Crippen molar-refractivity contribution in [3.63, 3.8) is 0 Å². The third-order valence-corrected chi connectivity index (χ3v) is 3.22. The molecule has 0 fully saturated rings. The van der Waals surface area contributed by atoms with E-state index in [2.05, 4.69) is 15.9 Å². The minimum Gasteiger partial charge on any atom is -0.496 e. The van der Waals surface area contributed by atoms with Crippen molar-refractivity contribution in [3.8, 4) is 5.75 Å². The van der Waals surface area contributed by atoms with Crippen molar-refractivity contribution in [1.82, 2.24) is 4.90 Å². The van der Waals surface area contributed by atoms with E-state index >= 15 is 0 Å². The fourth-order valence-electron chi connectivity index (χ4n) is 1.53. The lowest BCUT2D eigenvalue weighted by Crippen LogP contribution is -2.34. The molecule has 0 unspecified atom stereocenters. The van der Waals surface area contributed by atoms with E-state index in [4.69, 9.17) is 27.9 Å². The van der Waals surface area contributed by atoms with Crippen LogP contribution in [-0.2, 0) is 0 Å². The molecule has 0 aliphatic rings. The Kier molecular flexibility index (Phi) is 6.82. The summed E-state index contributed by atoms with van der Waals surface area (Å²) in [6.07, 6.45) is 0. The molecule has 3 nitrogen and oxygen atoms in total. The molecule has 0 aliphatic carbocycles. The van der Waals surface area contributed by atoms with Crippen molar-refractivity contribution in [3.05, 3.63) is 28.2 Å². The molecule has 6 heteroatoms. The number of nitrogens with zero attached hydrogens (tertiary/aromatic N) is 1. The number of carbonyl (C=O) groups is 1. The average molecular weight is 355 g/mol. The van der Waals surface area contributed by atoms with Gasteiger partial charge in [-0.1, -0.05) is 15.9 Å². The maximum atomic E-state index is 12.3. The monoisotopic (exact) mass is 353 g/mol. The molecule has 0 bridgehead atoms. The first kappa shape index (κ1) is 15.6. The number of alkyl halides is 2. The molecule has 0 saturated carbocycles. The molecule has 0 radical (unpaired) electrons. The predicted molar refractivity (Wildman–Crippen MR) is 78.0 cm³/mol. The van der Waals surface area contributed by atoms with E-state index in [0.717, 1.165) is 4.47 Å². The van der Waals surface area contributed by atoms with E-state index in [1.54, 1.807) is 23.1 Å². The van der Waals surface area contributed by atoms with Gasteiger partial charge >= 0.3 is 0 Å². The first-order valence-electron chi connectivity index (χ1n) is 5.38. The first-order valence-corrected chi connectivity index (χ1v) is 7.25. The zero-order valence-corrected chi connectivity index (χ0v) is 13.1. The van der Waals surface area contributed by atoms with Crippen molar-refractivity contribution < 1.29 is 9.53 Å². The Hall–Kier alpha value is -0.450. The van der Waals surface area contributed by atoms with Crippen molar-refractivity contribution in [2.45, 2.75) is 0 Å². The fourth-order valence-corrected chi connectivity index (χ4v) is 2.28. The van der Waals surface area contributed by atoms with Gasteiger partial charge in [0.05, 0.1) is 12.7 Å². The van der Waals surface area contributed by atoms with Crippen LogP contribution in [0, 0.1) is 0 Å². The van der Waals surface area contributed by atoms with Crippen LogP contribution in [0.2, 0.25) is 0 Å². The second kappa shape index (κ2) is 7.87. The molecule has 0 N–H and O–H groups in total. The molecule has 1 aromatic carbocycles. The molecular formula is C12H14BrCl2NO2. The highest BCUT2D eigenvalue weighted by molar-refractivity contribution is 9.10. The minimum absolute atomic E-state index is 0.124. The molecule has 0 saturated heterocycles. The van der Waals surface area contributed by atoms with Crippen LogP contribution in [0.25, 0.3) is 0 Å². The Morgan fingerprint density at radius 2 is 1.94 bits per heavy atom. The maximum absolute atomic E-state index is 12.3. The first-order chi connectivity index (χ1) is 8.63. The van der Waals surface area contributed by atoms with Crippen LogP contribution >= 0.6 is 39.1 Å². The number of rotatable bonds is 6. The number of ether oxygens (including phenoxy) is 1. The summed E-state index contributed by atoms with van der Waals surface area (Å²) >= 11 is 14.7. The van der Waals surface area contributed by atoms with Gasteiger partial charge in [-0.2, -0.15) is 0 Å². The van der Waals surface area contributed by atoms with Gasteiger partial charge in [-0.25, -0.2) is 0 Å². The van der Waals surface area contributed by atoms with Crippen molar-refractivity contribution in [1.29, 1.82) is 0 Å². The van der Waals surface area contributed by atoms with E-state index in [-0.39, 0.29) is 5.91 Å². The van der Waals surface area contributed by atoms with Crippen LogP contribution in [-0.4, -0.2) is 42.8 Å². The van der Waals surface area contributed by atoms with Gasteiger partial charge in [0, 0.05) is 29.3 Å². The van der Waals surface area contributed by atoms with Crippen LogP contribution in [0.3, 0.4) is 0 Å². The summed E-state index contributed by atoms with van der Waals surface area (Å²) in [5.74, 6) is 1.16. The van der Waals surface area contributed by atoms with E-state index in [9.17, 15) is 4.79 Å². The van der Waals surface area contributed by atoms with E-state index in [1.807, 2.05) is 0 Å². The summed E-state index contributed by atoms with van der Waals surface area (Å²) in [4.78, 5) is 13.9. The van der Waals surface area contributed by atoms with E-state index in [0.29, 0.717) is 36.2 Å². The van der Waals surface area contributed by atoms with E-state index < -0.39 is 0 Å². The number of amides is 1. The van der Waals surface area contributed by atoms with E-state index in [1.165, 1.54) is 7.11 Å². The second-order valence-electron chi connectivity index (χ2n) is 3.51. The van der Waals surface area contributed by atoms with Crippen LogP contribution in [0.1, 0.15) is 10.4 Å². The maximum Gasteiger partial charge on any atom is 0.257 e. The van der Waals surface area contributed by atoms with Crippen molar-refractivity contribution in [2.75, 3.05) is 32.0 Å². The number of benzene rings is 1. The van der Waals surface area contributed by atoms with Gasteiger partial charge in [-0.3, -0.25) is 4.79 Å². The number of hydrogen-bond acceptors (Lipinski definition) is 2. The second-order valence-corrected chi connectivity index (χ2v) is 5.19. The molecule has 1 amide bonds. The third-order valence-electron chi connectivity index (χ3n) is 2.39. The Morgan fingerprint density at radius 3 is 2.44 bits per heavy atom. The van der Waals surface area contributed by atoms with Crippen LogP contribution in [0.4, 0.5) is 0 Å². The lowest BCUT2D eigenvalue weighted by Gasteiger charge is -2.21. The highest BCUT2D eigenvalue weighted by Gasteiger charge is 2.18. The normalized spacial score (nSPS) is 10.2. The molecular weight excluding hydrogens is 341 g/mol. The summed E-state index contributed by atoms with van der Waals surface area (Å²) in [7, 11) is 1.53. The standard InChI is InChI=1S/C12H14BrCl2NO2/c1-18-11-8-9(13)2-3-10(11)12(17)16(6-4-14)7-5-15/h2-3,8H,4-7H2,1H3. The molecule has 1 aromatic rings. The Balaban J connectivity index is 3.00. The summed E-state index contributed by atoms with van der Waals surface area (Å²) < 4.78 is 6.07. The van der Waals surface area contributed by atoms with Crippen molar-refractivity contribution in [2.24, 2.45) is 0 Å². The smallest absolute Gasteiger partial charge is 0.257 e. The van der Waals surface area contributed by atoms with Crippen LogP contribution in [0.15, 0.2) is 22.7 Å². The Bertz CT molecular complexity index is 409. The summed E-state index contributed by atoms with van der Waals surface area (Å²) in [6, 6.07) is 5.28. The molecule has 0 aliphatic heterocycles. The molecule has 0 spiro atoms. The highest BCUT2D eigenvalue weighted by atomic mass is 79.9. The Morgan fingerprint density at radius 1 is 1.33 bits per heavy atom. The van der Waals surface area contributed by atoms with Gasteiger partial charge < -0.3 is 9.64 Å². The van der Waals surface area contributed by atoms with Crippen molar-refractivity contribution >= 4 is 45.0 Å². The zero-order valence-electron chi connectivity index (χ0n) is 9.96. The molecule has 100 valence electrons. The Labute approximate surface area is 125 Å². The molecule has 0 heterocycles. The number of hydrogen-bond donors (Lipinski definition) is 0. The summed E-state index contributed by atoms with van der Waals surface area (Å²) in [5.41, 5.74) is 0.510. The summed E-state index contributed by atoms with van der Waals surface area (Å²) in [5, 5.41) is 0. The summed E-state index contributed by atoms with van der Waals surface area (Å²) in [6.45, 7) is 0.929. The van der Waals surface area contributed by atoms with Crippen LogP contribution in [0.5, 0.6) is 5.75 Å². The zero-order chi connectivity index (χ0) is 13.5. The third kappa shape index (κ3) is 4.04.